The first-order valence-corrected chi connectivity index (χ1v) is 11.8. The third kappa shape index (κ3) is 4.63. The number of amides is 1. The lowest BCUT2D eigenvalue weighted by atomic mass is 9.91. The number of para-hydroxylation sites is 1. The number of nitrogens with zero attached hydrogens (tertiary/aromatic N) is 2. The second kappa shape index (κ2) is 9.77. The minimum atomic E-state index is -0.251. The van der Waals surface area contributed by atoms with Crippen LogP contribution in [0.4, 0.5) is 10.1 Å². The predicted molar refractivity (Wildman–Crippen MR) is 128 cm³/mol. The van der Waals surface area contributed by atoms with Gasteiger partial charge in [-0.2, -0.15) is 0 Å². The maximum atomic E-state index is 14.8. The summed E-state index contributed by atoms with van der Waals surface area (Å²) in [5.41, 5.74) is 8.93. The molecular formula is C25H32ClFN4O. The van der Waals surface area contributed by atoms with E-state index in [0.29, 0.717) is 36.9 Å². The van der Waals surface area contributed by atoms with Gasteiger partial charge in [-0.1, -0.05) is 49.7 Å². The van der Waals surface area contributed by atoms with Crippen LogP contribution in [0, 0.1) is 11.7 Å². The van der Waals surface area contributed by atoms with Gasteiger partial charge in [0, 0.05) is 43.2 Å². The SMILES string of the molecule is CC(C)[C@H](N)c1cccc(F)c1N1CCN(C(=O)[C@@H]2NCC[C@@H]2c2ccc(Cl)cc2)CC1. The largest absolute Gasteiger partial charge is 0.365 e. The summed E-state index contributed by atoms with van der Waals surface area (Å²) < 4.78 is 14.8. The van der Waals surface area contributed by atoms with Crippen molar-refractivity contribution in [2.24, 2.45) is 11.7 Å². The van der Waals surface area contributed by atoms with Gasteiger partial charge in [0.1, 0.15) is 5.82 Å². The fraction of sp³-hybridized carbons (Fsp3) is 0.480. The number of benzene rings is 2. The van der Waals surface area contributed by atoms with Gasteiger partial charge >= 0.3 is 0 Å². The molecule has 3 N–H and O–H groups in total. The molecule has 1 amide bonds. The Balaban J connectivity index is 1.45. The molecule has 0 unspecified atom stereocenters. The van der Waals surface area contributed by atoms with E-state index in [0.717, 1.165) is 24.1 Å². The maximum Gasteiger partial charge on any atom is 0.240 e. The normalized spacial score (nSPS) is 22.4. The lowest BCUT2D eigenvalue weighted by Crippen LogP contribution is -2.54. The molecule has 0 aromatic heterocycles. The van der Waals surface area contributed by atoms with Crippen LogP contribution in [0.1, 0.15) is 43.4 Å². The number of nitrogens with two attached hydrogens (primary N) is 1. The van der Waals surface area contributed by atoms with E-state index in [2.05, 4.69) is 5.32 Å². The zero-order valence-electron chi connectivity index (χ0n) is 18.7. The van der Waals surface area contributed by atoms with Crippen molar-refractivity contribution in [3.8, 4) is 0 Å². The second-order valence-corrected chi connectivity index (χ2v) is 9.57. The summed E-state index contributed by atoms with van der Waals surface area (Å²) in [6, 6.07) is 12.4. The number of nitrogens with one attached hydrogen (secondary N) is 1. The van der Waals surface area contributed by atoms with Gasteiger partial charge in [0.2, 0.25) is 5.91 Å². The summed E-state index contributed by atoms with van der Waals surface area (Å²) in [5.74, 6) is 0.213. The van der Waals surface area contributed by atoms with Gasteiger partial charge in [0.25, 0.3) is 0 Å². The molecule has 2 aromatic rings. The van der Waals surface area contributed by atoms with Crippen LogP contribution in [0.5, 0.6) is 0 Å². The summed E-state index contributed by atoms with van der Waals surface area (Å²) >= 11 is 6.03. The molecule has 0 bridgehead atoms. The van der Waals surface area contributed by atoms with E-state index < -0.39 is 0 Å². The van der Waals surface area contributed by atoms with Gasteiger partial charge in [-0.05, 0) is 48.2 Å². The molecule has 172 valence electrons. The number of piperazine rings is 1. The van der Waals surface area contributed by atoms with E-state index in [1.54, 1.807) is 6.07 Å². The number of rotatable bonds is 5. The van der Waals surface area contributed by atoms with Crippen LogP contribution in [-0.2, 0) is 4.79 Å². The van der Waals surface area contributed by atoms with E-state index in [1.807, 2.05) is 54.0 Å². The Hall–Kier alpha value is -2.15. The third-order valence-electron chi connectivity index (χ3n) is 6.79. The molecule has 2 fully saturated rings. The van der Waals surface area contributed by atoms with Gasteiger partial charge in [-0.3, -0.25) is 4.79 Å². The lowest BCUT2D eigenvalue weighted by molar-refractivity contribution is -0.133. The first kappa shape index (κ1) is 23.0. The lowest BCUT2D eigenvalue weighted by Gasteiger charge is -2.39. The van der Waals surface area contributed by atoms with Crippen molar-refractivity contribution in [1.29, 1.82) is 0 Å². The Morgan fingerprint density at radius 2 is 1.81 bits per heavy atom. The van der Waals surface area contributed by atoms with Gasteiger partial charge in [-0.25, -0.2) is 4.39 Å². The first-order valence-electron chi connectivity index (χ1n) is 11.4. The zero-order valence-corrected chi connectivity index (χ0v) is 19.5. The number of hydrogen-bond acceptors (Lipinski definition) is 4. The zero-order chi connectivity index (χ0) is 22.8. The van der Waals surface area contributed by atoms with Crippen molar-refractivity contribution in [1.82, 2.24) is 10.2 Å². The van der Waals surface area contributed by atoms with Crippen molar-refractivity contribution in [2.45, 2.75) is 38.3 Å². The summed E-state index contributed by atoms with van der Waals surface area (Å²) in [6.07, 6.45) is 0.920. The van der Waals surface area contributed by atoms with Crippen molar-refractivity contribution in [3.05, 3.63) is 64.4 Å². The molecule has 3 atom stereocenters. The molecule has 2 heterocycles. The van der Waals surface area contributed by atoms with Crippen molar-refractivity contribution in [2.75, 3.05) is 37.6 Å². The number of carbonyl (C=O) groups excluding carboxylic acids is 1. The Morgan fingerprint density at radius 1 is 1.12 bits per heavy atom. The highest BCUT2D eigenvalue weighted by Crippen LogP contribution is 2.33. The molecule has 2 aliphatic heterocycles. The fourth-order valence-corrected chi connectivity index (χ4v) is 5.00. The molecule has 0 spiro atoms. The monoisotopic (exact) mass is 458 g/mol. The molecule has 2 saturated heterocycles. The molecule has 2 aliphatic rings. The maximum absolute atomic E-state index is 14.8. The van der Waals surface area contributed by atoms with Crippen molar-refractivity contribution in [3.63, 3.8) is 0 Å². The number of anilines is 1. The smallest absolute Gasteiger partial charge is 0.240 e. The average Bonchev–Trinajstić information content (AvgIpc) is 3.28. The van der Waals surface area contributed by atoms with Crippen LogP contribution in [0.15, 0.2) is 42.5 Å². The van der Waals surface area contributed by atoms with Crippen LogP contribution in [0.3, 0.4) is 0 Å². The summed E-state index contributed by atoms with van der Waals surface area (Å²) in [5, 5.41) is 4.09. The Morgan fingerprint density at radius 3 is 2.47 bits per heavy atom. The highest BCUT2D eigenvalue weighted by atomic mass is 35.5. The standard InChI is InChI=1S/C25H32ClFN4O/c1-16(2)22(28)20-4-3-5-21(27)24(20)30-12-14-31(15-13-30)25(32)23-19(10-11-29-23)17-6-8-18(26)9-7-17/h3-9,16,19,22-23,29H,10-15,28H2,1-2H3/t19-,22+,23-/m1/s1. The molecule has 4 rings (SSSR count). The van der Waals surface area contributed by atoms with Crippen LogP contribution < -0.4 is 16.0 Å². The van der Waals surface area contributed by atoms with Gasteiger partial charge in [-0.15, -0.1) is 0 Å². The van der Waals surface area contributed by atoms with E-state index in [4.69, 9.17) is 17.3 Å². The third-order valence-corrected chi connectivity index (χ3v) is 7.04. The molecule has 0 saturated carbocycles. The predicted octanol–water partition coefficient (Wildman–Crippen LogP) is 3.93. The second-order valence-electron chi connectivity index (χ2n) is 9.14. The molecule has 32 heavy (non-hydrogen) atoms. The fourth-order valence-electron chi connectivity index (χ4n) is 4.87. The molecule has 2 aromatic carbocycles. The van der Waals surface area contributed by atoms with Crippen LogP contribution >= 0.6 is 11.6 Å². The Labute approximate surface area is 194 Å². The quantitative estimate of drug-likeness (QED) is 0.712. The molecule has 5 nitrogen and oxygen atoms in total. The summed E-state index contributed by atoms with van der Waals surface area (Å²) in [6.45, 7) is 7.20. The molecule has 0 aliphatic carbocycles. The summed E-state index contributed by atoms with van der Waals surface area (Å²) in [4.78, 5) is 17.3. The van der Waals surface area contributed by atoms with Crippen molar-refractivity contribution >= 4 is 23.2 Å². The van der Waals surface area contributed by atoms with Gasteiger partial charge in [0.15, 0.2) is 0 Å². The van der Waals surface area contributed by atoms with Crippen LogP contribution in [0.2, 0.25) is 5.02 Å². The van der Waals surface area contributed by atoms with Crippen molar-refractivity contribution < 1.29 is 9.18 Å². The Kier molecular flexibility index (Phi) is 7.03. The minimum Gasteiger partial charge on any atom is -0.365 e. The number of hydrogen-bond donors (Lipinski definition) is 2. The van der Waals surface area contributed by atoms with Crippen LogP contribution in [0.25, 0.3) is 0 Å². The van der Waals surface area contributed by atoms with Gasteiger partial charge < -0.3 is 20.9 Å². The Bertz CT molecular complexity index is 943. The average molecular weight is 459 g/mol. The van der Waals surface area contributed by atoms with Gasteiger partial charge in [0.05, 0.1) is 11.7 Å². The first-order chi connectivity index (χ1) is 15.4. The number of halogens is 2. The highest BCUT2D eigenvalue weighted by Gasteiger charge is 2.37. The van der Waals surface area contributed by atoms with E-state index in [-0.39, 0.29) is 35.6 Å². The molecule has 0 radical (unpaired) electrons. The topological polar surface area (TPSA) is 61.6 Å². The van der Waals surface area contributed by atoms with Crippen LogP contribution in [-0.4, -0.2) is 49.6 Å². The number of carbonyl (C=O) groups is 1. The van der Waals surface area contributed by atoms with E-state index >= 15 is 0 Å². The highest BCUT2D eigenvalue weighted by molar-refractivity contribution is 6.30. The molecular weight excluding hydrogens is 427 g/mol. The molecule has 7 heteroatoms. The van der Waals surface area contributed by atoms with E-state index in [9.17, 15) is 9.18 Å². The minimum absolute atomic E-state index is 0.120. The summed E-state index contributed by atoms with van der Waals surface area (Å²) in [7, 11) is 0. The van der Waals surface area contributed by atoms with E-state index in [1.165, 1.54) is 6.07 Å².